The highest BCUT2D eigenvalue weighted by Gasteiger charge is 2.44. The fourth-order valence-electron chi connectivity index (χ4n) is 16.2. The van der Waals surface area contributed by atoms with Crippen LogP contribution in [0.5, 0.6) is 0 Å². The Morgan fingerprint density at radius 1 is 0.319 bits per heavy atom. The van der Waals surface area contributed by atoms with Gasteiger partial charge >= 0.3 is 0 Å². The normalized spacial score (nSPS) is 13.3. The Kier molecular flexibility index (Phi) is 12.4. The molecule has 13 aromatic carbocycles. The number of fused-ring (bicyclic) bond motifs is 17. The summed E-state index contributed by atoms with van der Waals surface area (Å²) < 4.78 is 10.4. The van der Waals surface area contributed by atoms with Crippen LogP contribution in [0.3, 0.4) is 0 Å². The van der Waals surface area contributed by atoms with Gasteiger partial charge in [-0.15, -0.1) is 11.3 Å². The third kappa shape index (κ3) is 8.19. The van der Waals surface area contributed by atoms with Gasteiger partial charge in [-0.2, -0.15) is 0 Å². The lowest BCUT2D eigenvalue weighted by atomic mass is 9.36. The fourth-order valence-corrected chi connectivity index (χ4v) is 24.9. The van der Waals surface area contributed by atoms with E-state index < -0.39 is 8.07 Å². The summed E-state index contributed by atoms with van der Waals surface area (Å²) in [7, 11) is -2.84. The zero-order valence-corrected chi connectivity index (χ0v) is 56.7. The first-order chi connectivity index (χ1) is 45.9. The number of nitrogens with zero attached hydrogens (tertiary/aromatic N) is 3. The molecule has 0 atom stereocenters. The standard InChI is InChI=1S/C86H64BN3S3Si/c1-85(2,3)53-38-43-72-65(46-53)66-47-54(86(4,5)6)39-44-73(66)89(72)56-49-78-82-79(50-56)92-80-52-75(90-70-35-21-16-30-61(70)62-31-17-22-36-71(62)90)81-64-33-19-23-37-76(64)93-84(81)83(80)87(82)68-42-40-55(48-77(68)91-78)88-69-34-20-18-32-63(69)67-51-60(41-45-74(67)88)94(57-24-10-7-11-25-57,58-26-12-8-13-27-58)59-28-14-9-15-29-59/h7-52H,1-6H3. The van der Waals surface area contributed by atoms with Gasteiger partial charge in [0.05, 0.1) is 38.8 Å². The summed E-state index contributed by atoms with van der Waals surface area (Å²) in [5, 5.41) is 15.7. The van der Waals surface area contributed by atoms with Crippen LogP contribution in [0.15, 0.2) is 299 Å². The fraction of sp³-hybridized carbons (Fsp3) is 0.0930. The molecule has 2 aliphatic heterocycles. The van der Waals surface area contributed by atoms with E-state index in [0.717, 1.165) is 5.69 Å². The average Bonchev–Trinajstić information content (AvgIpc) is 1.38. The second kappa shape index (κ2) is 20.7. The zero-order chi connectivity index (χ0) is 62.9. The number of benzene rings is 13. The molecule has 0 unspecified atom stereocenters. The Hall–Kier alpha value is -9.54. The van der Waals surface area contributed by atoms with Gasteiger partial charge in [0.25, 0.3) is 0 Å². The summed E-state index contributed by atoms with van der Waals surface area (Å²) in [4.78, 5) is 5.22. The lowest BCUT2D eigenvalue weighted by Gasteiger charge is -2.34. The van der Waals surface area contributed by atoms with Crippen molar-refractivity contribution in [2.75, 3.05) is 0 Å². The minimum absolute atomic E-state index is 0.0111. The molecule has 0 aliphatic carbocycles. The molecule has 0 spiro atoms. The number of rotatable bonds is 7. The van der Waals surface area contributed by atoms with E-state index >= 15 is 0 Å². The third-order valence-electron chi connectivity index (χ3n) is 20.6. The Morgan fingerprint density at radius 2 is 0.745 bits per heavy atom. The Bertz CT molecular complexity index is 5800. The van der Waals surface area contributed by atoms with Crippen LogP contribution in [0, 0.1) is 0 Å². The minimum Gasteiger partial charge on any atom is -0.309 e. The molecule has 0 amide bonds. The summed E-state index contributed by atoms with van der Waals surface area (Å²) >= 11 is 5.90. The molecule has 0 saturated heterocycles. The first-order valence-electron chi connectivity index (χ1n) is 32.8. The predicted octanol–water partition coefficient (Wildman–Crippen LogP) is 18.8. The predicted molar refractivity (Wildman–Crippen MR) is 409 cm³/mol. The van der Waals surface area contributed by atoms with Crippen LogP contribution < -0.4 is 37.1 Å². The van der Waals surface area contributed by atoms with Crippen molar-refractivity contribution in [1.82, 2.24) is 13.7 Å². The molecule has 0 fully saturated rings. The maximum atomic E-state index is 2.58. The van der Waals surface area contributed by atoms with Crippen LogP contribution in [0.25, 0.3) is 103 Å². The van der Waals surface area contributed by atoms with Crippen LogP contribution in [0.2, 0.25) is 0 Å². The molecule has 8 heteroatoms. The van der Waals surface area contributed by atoms with Crippen molar-refractivity contribution in [2.45, 2.75) is 72.0 Å². The molecule has 3 nitrogen and oxygen atoms in total. The topological polar surface area (TPSA) is 14.8 Å². The van der Waals surface area contributed by atoms with Crippen molar-refractivity contribution >= 4 is 172 Å². The molecule has 17 aromatic rings. The van der Waals surface area contributed by atoms with Crippen molar-refractivity contribution in [3.05, 3.63) is 290 Å². The highest BCUT2D eigenvalue weighted by molar-refractivity contribution is 8.01. The van der Waals surface area contributed by atoms with E-state index in [9.17, 15) is 0 Å². The molecular weight excluding hydrogens is 1210 g/mol. The van der Waals surface area contributed by atoms with E-state index in [-0.39, 0.29) is 17.5 Å². The molecule has 0 N–H and O–H groups in total. The Labute approximate surface area is 561 Å². The van der Waals surface area contributed by atoms with Gasteiger partial charge in [-0.25, -0.2) is 0 Å². The first kappa shape index (κ1) is 56.0. The number of hydrogen-bond donors (Lipinski definition) is 0. The van der Waals surface area contributed by atoms with Crippen molar-refractivity contribution in [1.29, 1.82) is 0 Å². The van der Waals surface area contributed by atoms with Crippen molar-refractivity contribution < 1.29 is 0 Å². The monoisotopic (exact) mass is 1270 g/mol. The van der Waals surface area contributed by atoms with E-state index in [1.54, 1.807) is 0 Å². The number of thiophene rings is 1. The quantitative estimate of drug-likeness (QED) is 0.117. The van der Waals surface area contributed by atoms with Gasteiger partial charge in [0.15, 0.2) is 8.07 Å². The van der Waals surface area contributed by atoms with Gasteiger partial charge in [-0.1, -0.05) is 265 Å². The van der Waals surface area contributed by atoms with Crippen molar-refractivity contribution in [3.8, 4) is 17.1 Å². The van der Waals surface area contributed by atoms with Gasteiger partial charge in [-0.3, -0.25) is 0 Å². The summed E-state index contributed by atoms with van der Waals surface area (Å²) in [5.41, 5.74) is 17.7. The van der Waals surface area contributed by atoms with E-state index in [1.165, 1.54) is 165 Å². The van der Waals surface area contributed by atoms with Gasteiger partial charge in [-0.05, 0) is 139 Å². The van der Waals surface area contributed by atoms with Gasteiger partial charge in [0, 0.05) is 83.4 Å². The summed E-state index contributed by atoms with van der Waals surface area (Å²) in [5.74, 6) is 0. The lowest BCUT2D eigenvalue weighted by molar-refractivity contribution is 0.590. The maximum absolute atomic E-state index is 2.84. The molecule has 4 aromatic heterocycles. The molecule has 94 heavy (non-hydrogen) atoms. The van der Waals surface area contributed by atoms with Gasteiger partial charge in [0.2, 0.25) is 6.71 Å². The van der Waals surface area contributed by atoms with Crippen LogP contribution in [0.4, 0.5) is 0 Å². The largest absolute Gasteiger partial charge is 0.309 e. The van der Waals surface area contributed by atoms with E-state index in [4.69, 9.17) is 0 Å². The highest BCUT2D eigenvalue weighted by Crippen LogP contribution is 2.49. The lowest BCUT2D eigenvalue weighted by Crippen LogP contribution is -2.74. The molecule has 448 valence electrons. The van der Waals surface area contributed by atoms with Crippen LogP contribution >= 0.6 is 34.9 Å². The molecule has 0 radical (unpaired) electrons. The zero-order valence-electron chi connectivity index (χ0n) is 53.2. The van der Waals surface area contributed by atoms with Crippen LogP contribution in [0.1, 0.15) is 52.7 Å². The third-order valence-corrected chi connectivity index (χ3v) is 28.8. The molecule has 0 saturated carbocycles. The molecule has 19 rings (SSSR count). The van der Waals surface area contributed by atoms with E-state index in [1.807, 2.05) is 34.9 Å². The van der Waals surface area contributed by atoms with E-state index in [0.29, 0.717) is 0 Å². The molecule has 0 bridgehead atoms. The summed E-state index contributed by atoms with van der Waals surface area (Å²) in [6, 6.07) is 107. The van der Waals surface area contributed by atoms with Crippen LogP contribution in [-0.4, -0.2) is 28.5 Å². The van der Waals surface area contributed by atoms with Gasteiger partial charge in [0.1, 0.15) is 0 Å². The highest BCUT2D eigenvalue weighted by atomic mass is 32.2. The van der Waals surface area contributed by atoms with Crippen molar-refractivity contribution in [3.63, 3.8) is 0 Å². The first-order valence-corrected chi connectivity index (χ1v) is 37.3. The van der Waals surface area contributed by atoms with Crippen molar-refractivity contribution in [2.24, 2.45) is 0 Å². The second-order valence-corrected chi connectivity index (χ2v) is 35.0. The second-order valence-electron chi connectivity index (χ2n) is 27.9. The Morgan fingerprint density at radius 3 is 1.30 bits per heavy atom. The molecule has 6 heterocycles. The summed E-state index contributed by atoms with van der Waals surface area (Å²) in [6.45, 7) is 14.0. The Balaban J connectivity index is 0.865. The average molecular weight is 1270 g/mol. The van der Waals surface area contributed by atoms with Crippen LogP contribution in [-0.2, 0) is 10.8 Å². The summed E-state index contributed by atoms with van der Waals surface area (Å²) in [6.07, 6.45) is 0. The van der Waals surface area contributed by atoms with Gasteiger partial charge < -0.3 is 13.7 Å². The SMILES string of the molecule is CC(C)(C)c1ccc2c(c1)c1cc(C(C)(C)C)ccc1n2-c1cc2c3c(c1)Sc1cc(-n4c5ccccc5c5ccccc54)c4c(sc5ccccc54)c1B3c1ccc(-n3c4ccccc4c4cc([Si](c5ccccc5)(c5ccccc5)c5ccccc5)ccc43)cc1S2. The minimum atomic E-state index is -2.84. The van der Waals surface area contributed by atoms with E-state index in [2.05, 4.69) is 334 Å². The number of hydrogen-bond acceptors (Lipinski definition) is 3. The number of aromatic nitrogens is 3. The maximum Gasteiger partial charge on any atom is 0.248 e. The molecule has 2 aliphatic rings. The smallest absolute Gasteiger partial charge is 0.248 e. The number of para-hydroxylation sites is 3. The molecular formula is C86H64BN3S3Si.